The maximum Gasteiger partial charge on any atom is 0.179 e. The minimum Gasteiger partial charge on any atom is -0.356 e. The molecule has 0 N–H and O–H groups in total. The molecule has 0 aliphatic carbocycles. The Labute approximate surface area is 190 Å². The third-order valence-electron chi connectivity index (χ3n) is 4.99. The molecule has 0 amide bonds. The van der Waals surface area contributed by atoms with Gasteiger partial charge in [0.2, 0.25) is 0 Å². The van der Waals surface area contributed by atoms with Gasteiger partial charge in [0.05, 0.1) is 0 Å². The summed E-state index contributed by atoms with van der Waals surface area (Å²) in [6.07, 6.45) is 17.5. The fraction of sp³-hybridized carbons (Fsp3) is 0.833. The maximum absolute atomic E-state index is 5.84. The van der Waals surface area contributed by atoms with Crippen LogP contribution in [0.25, 0.3) is 0 Å². The molecule has 0 aliphatic heterocycles. The fourth-order valence-corrected chi connectivity index (χ4v) is 3.07. The number of allylic oxidation sites excluding steroid dienone is 2. The second-order valence-corrected chi connectivity index (χ2v) is 7.28. The van der Waals surface area contributed by atoms with Crippen LogP contribution in [0.4, 0.5) is 0 Å². The van der Waals surface area contributed by atoms with Crippen LogP contribution >= 0.6 is 0 Å². The Kier molecular flexibility index (Phi) is 21.8. The van der Waals surface area contributed by atoms with Gasteiger partial charge in [-0.2, -0.15) is 0 Å². The molecule has 0 spiro atoms. The van der Waals surface area contributed by atoms with Gasteiger partial charge in [0.1, 0.15) is 0 Å². The molecule has 31 heavy (non-hydrogen) atoms. The number of unbranched alkanes of at least 4 members (excludes halogenated alkanes) is 6. The van der Waals surface area contributed by atoms with E-state index in [1.165, 1.54) is 0 Å². The van der Waals surface area contributed by atoms with Gasteiger partial charge in [-0.3, -0.25) is 0 Å². The fourth-order valence-electron chi connectivity index (χ4n) is 3.07. The number of hydrogen-bond acceptors (Lipinski definition) is 7. The molecular weight excluding hydrogens is 400 g/mol. The number of methoxy groups -OCH3 is 6. The first kappa shape index (κ1) is 30.2. The molecule has 0 aromatic carbocycles. The second-order valence-electron chi connectivity index (χ2n) is 7.28. The van der Waals surface area contributed by atoms with Gasteiger partial charge in [0.25, 0.3) is 0 Å². The van der Waals surface area contributed by atoms with Gasteiger partial charge in [-0.15, -0.1) is 0 Å². The molecule has 0 saturated carbocycles. The molecule has 184 valence electrons. The van der Waals surface area contributed by atoms with Gasteiger partial charge < -0.3 is 33.2 Å². The summed E-state index contributed by atoms with van der Waals surface area (Å²) in [5, 5.41) is 0. The summed E-state index contributed by atoms with van der Waals surface area (Å²) >= 11 is 0. The van der Waals surface area contributed by atoms with Gasteiger partial charge in [0.15, 0.2) is 25.2 Å². The van der Waals surface area contributed by atoms with Crippen LogP contribution in [0, 0.1) is 0 Å². The average molecular weight is 447 g/mol. The first-order chi connectivity index (χ1) is 15.1. The van der Waals surface area contributed by atoms with Gasteiger partial charge in [0, 0.05) is 42.7 Å². The Morgan fingerprint density at radius 1 is 0.484 bits per heavy atom. The van der Waals surface area contributed by atoms with E-state index in [4.69, 9.17) is 33.2 Å². The van der Waals surface area contributed by atoms with Crippen molar-refractivity contribution in [2.24, 2.45) is 0 Å². The van der Waals surface area contributed by atoms with Crippen LogP contribution < -0.4 is 0 Å². The lowest BCUT2D eigenvalue weighted by Gasteiger charge is -2.18. The largest absolute Gasteiger partial charge is 0.356 e. The highest BCUT2D eigenvalue weighted by Gasteiger charge is 2.10. The van der Waals surface area contributed by atoms with Gasteiger partial charge in [-0.25, -0.2) is 0 Å². The van der Waals surface area contributed by atoms with Crippen LogP contribution in [0.3, 0.4) is 0 Å². The topological polar surface area (TPSA) is 64.6 Å². The van der Waals surface area contributed by atoms with Gasteiger partial charge >= 0.3 is 0 Å². The Bertz CT molecular complexity index is 382. The standard InChI is InChI=1S/C24H46O7/c1-25-21(26-2)17-13-9-7-11-15-19-23(29-5)31-24(30-6)20-16-12-8-10-14-18-22(27-3)28-4/h15-16,19-24H,7-14,17-18H2,1-6H3. The van der Waals surface area contributed by atoms with Gasteiger partial charge in [-0.1, -0.05) is 25.0 Å². The molecular formula is C24H46O7. The van der Waals surface area contributed by atoms with E-state index in [1.807, 2.05) is 12.2 Å². The Morgan fingerprint density at radius 3 is 1.19 bits per heavy atom. The van der Waals surface area contributed by atoms with Crippen LogP contribution in [0.1, 0.15) is 64.2 Å². The van der Waals surface area contributed by atoms with Crippen molar-refractivity contribution >= 4 is 0 Å². The van der Waals surface area contributed by atoms with Crippen LogP contribution in [-0.2, 0) is 33.2 Å². The monoisotopic (exact) mass is 446 g/mol. The molecule has 2 unspecified atom stereocenters. The highest BCUT2D eigenvalue weighted by atomic mass is 16.8. The summed E-state index contributed by atoms with van der Waals surface area (Å²) in [6, 6.07) is 0. The Morgan fingerprint density at radius 2 is 0.871 bits per heavy atom. The molecule has 7 nitrogen and oxygen atoms in total. The quantitative estimate of drug-likeness (QED) is 0.129. The number of hydrogen-bond donors (Lipinski definition) is 0. The molecule has 0 aromatic heterocycles. The minimum atomic E-state index is -0.430. The highest BCUT2D eigenvalue weighted by molar-refractivity contribution is 4.89. The first-order valence-corrected chi connectivity index (χ1v) is 11.3. The van der Waals surface area contributed by atoms with E-state index < -0.39 is 12.6 Å². The van der Waals surface area contributed by atoms with Crippen molar-refractivity contribution in [2.75, 3.05) is 42.7 Å². The van der Waals surface area contributed by atoms with Crippen molar-refractivity contribution in [1.82, 2.24) is 0 Å². The first-order valence-electron chi connectivity index (χ1n) is 11.3. The highest BCUT2D eigenvalue weighted by Crippen LogP contribution is 2.11. The normalized spacial score (nSPS) is 14.5. The summed E-state index contributed by atoms with van der Waals surface area (Å²) < 4.78 is 37.4. The van der Waals surface area contributed by atoms with Crippen LogP contribution in [0.2, 0.25) is 0 Å². The number of rotatable bonds is 22. The van der Waals surface area contributed by atoms with Crippen molar-refractivity contribution in [3.8, 4) is 0 Å². The zero-order chi connectivity index (χ0) is 23.2. The van der Waals surface area contributed by atoms with Crippen molar-refractivity contribution in [3.05, 3.63) is 24.3 Å². The average Bonchev–Trinajstić information content (AvgIpc) is 2.80. The zero-order valence-electron chi connectivity index (χ0n) is 20.5. The Hall–Kier alpha value is -0.800. The van der Waals surface area contributed by atoms with E-state index in [0.717, 1.165) is 64.2 Å². The summed E-state index contributed by atoms with van der Waals surface area (Å²) in [5.41, 5.74) is 0. The predicted octanol–water partition coefficient (Wildman–Crippen LogP) is 5.20. The molecule has 0 aromatic rings. The van der Waals surface area contributed by atoms with E-state index in [-0.39, 0.29) is 12.6 Å². The Balaban J connectivity index is 4.00. The van der Waals surface area contributed by atoms with E-state index in [2.05, 4.69) is 12.2 Å². The molecule has 2 atom stereocenters. The molecule has 7 heteroatoms. The van der Waals surface area contributed by atoms with Crippen LogP contribution in [0.15, 0.2) is 24.3 Å². The number of ether oxygens (including phenoxy) is 7. The molecule has 0 heterocycles. The third kappa shape index (κ3) is 17.4. The van der Waals surface area contributed by atoms with Crippen molar-refractivity contribution in [3.63, 3.8) is 0 Å². The second kappa shape index (κ2) is 22.4. The SMILES string of the molecule is COC(C=CCCCCCC(OC)OC)OC(C=CCCCCCC(OC)OC)OC. The predicted molar refractivity (Wildman–Crippen MR) is 123 cm³/mol. The lowest BCUT2D eigenvalue weighted by atomic mass is 10.1. The van der Waals surface area contributed by atoms with Crippen molar-refractivity contribution in [1.29, 1.82) is 0 Å². The third-order valence-corrected chi connectivity index (χ3v) is 4.99. The summed E-state index contributed by atoms with van der Waals surface area (Å²) in [4.78, 5) is 0. The molecule has 0 fully saturated rings. The maximum atomic E-state index is 5.84. The lowest BCUT2D eigenvalue weighted by Crippen LogP contribution is -2.22. The lowest BCUT2D eigenvalue weighted by molar-refractivity contribution is -0.188. The summed E-state index contributed by atoms with van der Waals surface area (Å²) in [7, 11) is 9.96. The van der Waals surface area contributed by atoms with E-state index in [9.17, 15) is 0 Å². The summed E-state index contributed by atoms with van der Waals surface area (Å²) in [5.74, 6) is 0. The smallest absolute Gasteiger partial charge is 0.179 e. The van der Waals surface area contributed by atoms with Gasteiger partial charge in [-0.05, 0) is 63.5 Å². The minimum absolute atomic E-state index is 0.0977. The molecule has 0 rings (SSSR count). The van der Waals surface area contributed by atoms with E-state index >= 15 is 0 Å². The molecule has 0 aliphatic rings. The van der Waals surface area contributed by atoms with E-state index in [0.29, 0.717) is 0 Å². The zero-order valence-corrected chi connectivity index (χ0v) is 20.5. The van der Waals surface area contributed by atoms with Crippen molar-refractivity contribution < 1.29 is 33.2 Å². The van der Waals surface area contributed by atoms with Crippen LogP contribution in [0.5, 0.6) is 0 Å². The molecule has 0 bridgehead atoms. The summed E-state index contributed by atoms with van der Waals surface area (Å²) in [6.45, 7) is 0. The van der Waals surface area contributed by atoms with Crippen LogP contribution in [-0.4, -0.2) is 67.8 Å². The molecule has 0 radical (unpaired) electrons. The van der Waals surface area contributed by atoms with Crippen molar-refractivity contribution in [2.45, 2.75) is 89.4 Å². The molecule has 0 saturated heterocycles. The van der Waals surface area contributed by atoms with E-state index in [1.54, 1.807) is 42.7 Å².